The van der Waals surface area contributed by atoms with Gasteiger partial charge < -0.3 is 23.8 Å². The largest absolute Gasteiger partial charge is 0.486 e. The minimum Gasteiger partial charge on any atom is -0.486 e. The highest BCUT2D eigenvalue weighted by atomic mass is 32.2. The summed E-state index contributed by atoms with van der Waals surface area (Å²) in [6.07, 6.45) is -0.138. The van der Waals surface area contributed by atoms with Crippen molar-refractivity contribution in [1.82, 2.24) is 9.21 Å². The fourth-order valence-corrected chi connectivity index (χ4v) is 5.59. The summed E-state index contributed by atoms with van der Waals surface area (Å²) in [6.45, 7) is 4.20. The number of benzene rings is 1. The third kappa shape index (κ3) is 4.48. The Morgan fingerprint density at radius 3 is 2.52 bits per heavy atom. The summed E-state index contributed by atoms with van der Waals surface area (Å²) in [4.78, 5) is 26.9. The van der Waals surface area contributed by atoms with E-state index < -0.39 is 28.1 Å². The lowest BCUT2D eigenvalue weighted by Gasteiger charge is -2.30. The van der Waals surface area contributed by atoms with E-state index >= 15 is 0 Å². The van der Waals surface area contributed by atoms with Crippen LogP contribution in [0.1, 0.15) is 19.8 Å². The van der Waals surface area contributed by atoms with Gasteiger partial charge in [0.25, 0.3) is 5.91 Å². The Labute approximate surface area is 181 Å². The third-order valence-corrected chi connectivity index (χ3v) is 7.46. The molecular formula is C20H26N2O8S. The Kier molecular flexibility index (Phi) is 6.35. The molecule has 11 heteroatoms. The molecule has 4 rings (SSSR count). The number of hydrogen-bond acceptors (Lipinski definition) is 8. The number of carbonyl (C=O) groups is 2. The molecule has 0 bridgehead atoms. The number of carbonyl (C=O) groups excluding carboxylic acids is 2. The van der Waals surface area contributed by atoms with Crippen molar-refractivity contribution in [3.05, 3.63) is 18.2 Å². The van der Waals surface area contributed by atoms with Gasteiger partial charge in [0.1, 0.15) is 19.3 Å². The van der Waals surface area contributed by atoms with Crippen LogP contribution in [0, 0.1) is 0 Å². The highest BCUT2D eigenvalue weighted by molar-refractivity contribution is 7.89. The lowest BCUT2D eigenvalue weighted by atomic mass is 10.2. The molecule has 170 valence electrons. The second kappa shape index (κ2) is 9.01. The summed E-state index contributed by atoms with van der Waals surface area (Å²) in [5.41, 5.74) is 0. The number of sulfonamides is 1. The van der Waals surface area contributed by atoms with Gasteiger partial charge in [0.05, 0.1) is 18.1 Å². The van der Waals surface area contributed by atoms with Crippen molar-refractivity contribution < 1.29 is 37.0 Å². The van der Waals surface area contributed by atoms with Gasteiger partial charge in [-0.1, -0.05) is 0 Å². The van der Waals surface area contributed by atoms with E-state index in [1.54, 1.807) is 11.0 Å². The molecule has 1 aromatic carbocycles. The zero-order chi connectivity index (χ0) is 22.0. The minimum absolute atomic E-state index is 0.0221. The molecule has 0 aliphatic carbocycles. The predicted molar refractivity (Wildman–Crippen MR) is 107 cm³/mol. The zero-order valence-electron chi connectivity index (χ0n) is 17.3. The first kappa shape index (κ1) is 21.8. The number of ether oxygens (including phenoxy) is 4. The first-order chi connectivity index (χ1) is 14.9. The molecule has 0 unspecified atom stereocenters. The Bertz CT molecular complexity index is 944. The number of amides is 1. The van der Waals surface area contributed by atoms with Crippen molar-refractivity contribution in [2.45, 2.75) is 36.8 Å². The van der Waals surface area contributed by atoms with E-state index in [4.69, 9.17) is 18.9 Å². The van der Waals surface area contributed by atoms with Crippen LogP contribution in [0.4, 0.5) is 0 Å². The molecule has 3 heterocycles. The van der Waals surface area contributed by atoms with Crippen LogP contribution in [0.25, 0.3) is 0 Å². The maximum Gasteiger partial charge on any atom is 0.325 e. The van der Waals surface area contributed by atoms with E-state index in [1.807, 2.05) is 0 Å². The average molecular weight is 455 g/mol. The molecule has 2 fully saturated rings. The molecule has 1 amide bonds. The summed E-state index contributed by atoms with van der Waals surface area (Å²) in [5, 5.41) is 0. The normalized spacial score (nSPS) is 22.7. The molecule has 0 spiro atoms. The number of hydrogen-bond donors (Lipinski definition) is 0. The first-order valence-corrected chi connectivity index (χ1v) is 11.8. The summed E-state index contributed by atoms with van der Waals surface area (Å²) >= 11 is 0. The first-order valence-electron chi connectivity index (χ1n) is 10.4. The fourth-order valence-electron chi connectivity index (χ4n) is 3.93. The number of rotatable bonds is 5. The average Bonchev–Trinajstić information content (AvgIpc) is 3.30. The molecular weight excluding hydrogens is 428 g/mol. The topological polar surface area (TPSA) is 112 Å². The van der Waals surface area contributed by atoms with Gasteiger partial charge in [0.2, 0.25) is 10.0 Å². The lowest BCUT2D eigenvalue weighted by Crippen LogP contribution is -2.48. The van der Waals surface area contributed by atoms with Crippen molar-refractivity contribution >= 4 is 21.9 Å². The Balaban J connectivity index is 1.46. The van der Waals surface area contributed by atoms with Crippen LogP contribution in [-0.2, 0) is 29.1 Å². The van der Waals surface area contributed by atoms with Crippen LogP contribution in [0.2, 0.25) is 0 Å². The predicted octanol–water partition coefficient (Wildman–Crippen LogP) is 0.401. The van der Waals surface area contributed by atoms with Gasteiger partial charge in [-0.3, -0.25) is 9.59 Å². The van der Waals surface area contributed by atoms with Crippen LogP contribution >= 0.6 is 0 Å². The third-order valence-electron chi connectivity index (χ3n) is 5.56. The number of nitrogens with zero attached hydrogens (tertiary/aromatic N) is 2. The number of morpholine rings is 1. The standard InChI is InChI=1S/C20H26N2O8S/c1-14(19(23)21-7-9-27-10-8-21)30-20(24)16-3-2-6-22(16)31(25,26)15-4-5-17-18(13-15)29-12-11-28-17/h4-5,13-14,16H,2-3,6-12H2,1H3/t14-,16-/m1/s1. The number of esters is 1. The Hall–Kier alpha value is -2.37. The molecule has 3 aliphatic heterocycles. The maximum absolute atomic E-state index is 13.2. The van der Waals surface area contributed by atoms with Gasteiger partial charge in [-0.15, -0.1) is 0 Å². The second-order valence-electron chi connectivity index (χ2n) is 7.60. The van der Waals surface area contributed by atoms with E-state index in [1.165, 1.54) is 19.1 Å². The van der Waals surface area contributed by atoms with Gasteiger partial charge >= 0.3 is 5.97 Å². The maximum atomic E-state index is 13.2. The summed E-state index contributed by atoms with van der Waals surface area (Å²) in [5.74, 6) is -0.183. The van der Waals surface area contributed by atoms with Crippen LogP contribution < -0.4 is 9.47 Å². The molecule has 1 aromatic rings. The fraction of sp³-hybridized carbons (Fsp3) is 0.600. The van der Waals surface area contributed by atoms with Crippen molar-refractivity contribution in [3.63, 3.8) is 0 Å². The van der Waals surface area contributed by atoms with Gasteiger partial charge in [0.15, 0.2) is 17.6 Å². The summed E-state index contributed by atoms with van der Waals surface area (Å²) in [6, 6.07) is 3.43. The molecule has 0 aromatic heterocycles. The molecule has 0 radical (unpaired) electrons. The smallest absolute Gasteiger partial charge is 0.325 e. The minimum atomic E-state index is -3.96. The molecule has 0 saturated carbocycles. The van der Waals surface area contributed by atoms with E-state index in [-0.39, 0.29) is 17.3 Å². The van der Waals surface area contributed by atoms with Crippen molar-refractivity contribution in [1.29, 1.82) is 0 Å². The molecule has 31 heavy (non-hydrogen) atoms. The Morgan fingerprint density at radius 1 is 1.06 bits per heavy atom. The van der Waals surface area contributed by atoms with Gasteiger partial charge in [-0.2, -0.15) is 4.31 Å². The van der Waals surface area contributed by atoms with Crippen LogP contribution in [0.5, 0.6) is 11.5 Å². The number of fused-ring (bicyclic) bond motifs is 1. The van der Waals surface area contributed by atoms with Crippen LogP contribution in [0.15, 0.2) is 23.1 Å². The van der Waals surface area contributed by atoms with Crippen LogP contribution in [-0.4, -0.2) is 87.7 Å². The molecule has 10 nitrogen and oxygen atoms in total. The van der Waals surface area contributed by atoms with Gasteiger partial charge in [0, 0.05) is 25.7 Å². The SMILES string of the molecule is C[C@@H](OC(=O)[C@H]1CCCN1S(=O)(=O)c1ccc2c(c1)OCCO2)C(=O)N1CCOCC1. The van der Waals surface area contributed by atoms with E-state index in [0.29, 0.717) is 63.9 Å². The monoisotopic (exact) mass is 454 g/mol. The van der Waals surface area contributed by atoms with E-state index in [9.17, 15) is 18.0 Å². The highest BCUT2D eigenvalue weighted by Crippen LogP contribution is 2.35. The summed E-state index contributed by atoms with van der Waals surface area (Å²) < 4.78 is 49.1. The lowest BCUT2D eigenvalue weighted by molar-refractivity contribution is -0.163. The highest BCUT2D eigenvalue weighted by Gasteiger charge is 2.42. The Morgan fingerprint density at radius 2 is 1.77 bits per heavy atom. The van der Waals surface area contributed by atoms with Crippen molar-refractivity contribution in [3.8, 4) is 11.5 Å². The van der Waals surface area contributed by atoms with E-state index in [2.05, 4.69) is 0 Å². The molecule has 2 atom stereocenters. The molecule has 2 saturated heterocycles. The van der Waals surface area contributed by atoms with Crippen molar-refractivity contribution in [2.24, 2.45) is 0 Å². The second-order valence-corrected chi connectivity index (χ2v) is 9.49. The quantitative estimate of drug-likeness (QED) is 0.588. The van der Waals surface area contributed by atoms with E-state index in [0.717, 1.165) is 4.31 Å². The van der Waals surface area contributed by atoms with Gasteiger partial charge in [-0.25, -0.2) is 8.42 Å². The van der Waals surface area contributed by atoms with Crippen LogP contribution in [0.3, 0.4) is 0 Å². The van der Waals surface area contributed by atoms with Crippen molar-refractivity contribution in [2.75, 3.05) is 46.1 Å². The zero-order valence-corrected chi connectivity index (χ0v) is 18.1. The molecule has 3 aliphatic rings. The molecule has 0 N–H and O–H groups in total. The summed E-state index contributed by atoms with van der Waals surface area (Å²) in [7, 11) is -3.96. The van der Waals surface area contributed by atoms with Gasteiger partial charge in [-0.05, 0) is 31.9 Å².